The lowest BCUT2D eigenvalue weighted by molar-refractivity contribution is -0.111. The molecule has 1 saturated heterocycles. The number of benzene rings is 3. The maximum absolute atomic E-state index is 14.8. The van der Waals surface area contributed by atoms with Crippen LogP contribution in [0.25, 0.3) is 6.08 Å². The molecular weight excluding hydrogens is 594 g/mol. The lowest BCUT2D eigenvalue weighted by Gasteiger charge is -2.40. The van der Waals surface area contributed by atoms with E-state index in [-0.39, 0.29) is 24.6 Å². The highest BCUT2D eigenvalue weighted by molar-refractivity contribution is 9.10. The highest BCUT2D eigenvalue weighted by Crippen LogP contribution is 2.29. The minimum Gasteiger partial charge on any atom is -0.382 e. The van der Waals surface area contributed by atoms with Gasteiger partial charge in [-0.15, -0.1) is 0 Å². The minimum atomic E-state index is -1.64. The van der Waals surface area contributed by atoms with Gasteiger partial charge in [-0.25, -0.2) is 18.4 Å². The number of nitrogens with one attached hydrogen (secondary N) is 1. The Labute approximate surface area is 245 Å². The fourth-order valence-corrected chi connectivity index (χ4v) is 5.15. The standard InChI is InChI=1S/C30H29BrF2N6O2/c31-23-4-1-22(2-5-23)3-12-29(40)36-25-7-9-26(10-8-25)38-15-13-37(14-16-38)18-30(41,19-39-21-34-20-35-39)27-11-6-24(32)17-28(27)33/h1-12,17,20-21,41H,13-16,18-19H2,(H,36,40)/b12-3+. The van der Waals surface area contributed by atoms with Crippen molar-refractivity contribution < 1.29 is 18.7 Å². The quantitative estimate of drug-likeness (QED) is 0.264. The van der Waals surface area contributed by atoms with E-state index in [1.165, 1.54) is 29.5 Å². The Morgan fingerprint density at radius 3 is 2.39 bits per heavy atom. The fourth-order valence-electron chi connectivity index (χ4n) is 4.89. The van der Waals surface area contributed by atoms with Crippen LogP contribution in [0, 0.1) is 11.6 Å². The average Bonchev–Trinajstić information content (AvgIpc) is 3.46. The fraction of sp³-hybridized carbons (Fsp3) is 0.233. The molecule has 1 aliphatic rings. The number of hydrogen-bond donors (Lipinski definition) is 2. The number of aliphatic hydroxyl groups is 1. The first-order valence-corrected chi connectivity index (χ1v) is 13.9. The van der Waals surface area contributed by atoms with Crippen molar-refractivity contribution in [3.8, 4) is 0 Å². The normalized spacial score (nSPS) is 15.7. The predicted molar refractivity (Wildman–Crippen MR) is 157 cm³/mol. The largest absolute Gasteiger partial charge is 0.382 e. The van der Waals surface area contributed by atoms with E-state index in [0.29, 0.717) is 31.9 Å². The molecule has 212 valence electrons. The summed E-state index contributed by atoms with van der Waals surface area (Å²) in [5.74, 6) is -1.72. The molecule has 8 nitrogen and oxygen atoms in total. The highest BCUT2D eigenvalue weighted by Gasteiger charge is 2.36. The molecule has 4 aromatic rings. The average molecular weight is 624 g/mol. The molecule has 5 rings (SSSR count). The summed E-state index contributed by atoms with van der Waals surface area (Å²) in [5, 5.41) is 18.6. The lowest BCUT2D eigenvalue weighted by atomic mass is 9.92. The van der Waals surface area contributed by atoms with Gasteiger partial charge in [0.25, 0.3) is 0 Å². The Balaban J connectivity index is 1.18. The first kappa shape index (κ1) is 28.6. The SMILES string of the molecule is O=C(/C=C/c1ccc(Br)cc1)Nc1ccc(N2CCN(CC(O)(Cn3cncn3)c3ccc(F)cc3F)CC2)cc1. The molecule has 0 spiro atoms. The van der Waals surface area contributed by atoms with E-state index in [2.05, 4.69) is 41.1 Å². The second kappa shape index (κ2) is 12.7. The van der Waals surface area contributed by atoms with Gasteiger partial charge >= 0.3 is 0 Å². The summed E-state index contributed by atoms with van der Waals surface area (Å²) in [4.78, 5) is 20.5. The second-order valence-electron chi connectivity index (χ2n) is 9.93. The van der Waals surface area contributed by atoms with E-state index in [1.807, 2.05) is 48.5 Å². The summed E-state index contributed by atoms with van der Waals surface area (Å²) in [6, 6.07) is 18.5. The third-order valence-electron chi connectivity index (χ3n) is 6.98. The monoisotopic (exact) mass is 622 g/mol. The molecule has 2 heterocycles. The molecule has 0 aliphatic carbocycles. The van der Waals surface area contributed by atoms with E-state index >= 15 is 0 Å². The van der Waals surface area contributed by atoms with Crippen LogP contribution in [-0.4, -0.2) is 63.4 Å². The van der Waals surface area contributed by atoms with Crippen LogP contribution in [-0.2, 0) is 16.9 Å². The van der Waals surface area contributed by atoms with Crippen LogP contribution >= 0.6 is 15.9 Å². The number of carbonyl (C=O) groups excluding carboxylic acids is 1. The van der Waals surface area contributed by atoms with Crippen molar-refractivity contribution >= 4 is 39.3 Å². The summed E-state index contributed by atoms with van der Waals surface area (Å²) in [7, 11) is 0. The van der Waals surface area contributed by atoms with Gasteiger partial charge < -0.3 is 15.3 Å². The van der Waals surface area contributed by atoms with Crippen molar-refractivity contribution in [3.63, 3.8) is 0 Å². The maximum atomic E-state index is 14.8. The van der Waals surface area contributed by atoms with Gasteiger partial charge in [-0.3, -0.25) is 9.69 Å². The van der Waals surface area contributed by atoms with Crippen LogP contribution in [0.5, 0.6) is 0 Å². The summed E-state index contributed by atoms with van der Waals surface area (Å²) in [6.07, 6.45) is 6.05. The lowest BCUT2D eigenvalue weighted by Crippen LogP contribution is -2.52. The number of hydrogen-bond acceptors (Lipinski definition) is 6. The van der Waals surface area contributed by atoms with Crippen molar-refractivity contribution in [2.75, 3.05) is 42.9 Å². The third kappa shape index (κ3) is 7.43. The zero-order valence-corrected chi connectivity index (χ0v) is 23.7. The molecular formula is C30H29BrF2N6O2. The number of carbonyl (C=O) groups is 1. The Morgan fingerprint density at radius 2 is 1.73 bits per heavy atom. The van der Waals surface area contributed by atoms with Gasteiger partial charge in [0.2, 0.25) is 5.91 Å². The van der Waals surface area contributed by atoms with Crippen LogP contribution in [0.4, 0.5) is 20.2 Å². The van der Waals surface area contributed by atoms with Crippen LogP contribution in [0.3, 0.4) is 0 Å². The van der Waals surface area contributed by atoms with Crippen LogP contribution in [0.1, 0.15) is 11.1 Å². The smallest absolute Gasteiger partial charge is 0.248 e. The molecule has 1 unspecified atom stereocenters. The zero-order valence-electron chi connectivity index (χ0n) is 22.1. The number of aromatic nitrogens is 3. The number of rotatable bonds is 9. The number of anilines is 2. The predicted octanol–water partition coefficient (Wildman–Crippen LogP) is 4.68. The Morgan fingerprint density at radius 1 is 1.00 bits per heavy atom. The van der Waals surface area contributed by atoms with Gasteiger partial charge in [0.15, 0.2) is 0 Å². The molecule has 1 amide bonds. The molecule has 0 radical (unpaired) electrons. The van der Waals surface area contributed by atoms with Gasteiger partial charge in [-0.2, -0.15) is 5.10 Å². The number of halogens is 3. The minimum absolute atomic E-state index is 0.0150. The van der Waals surface area contributed by atoms with E-state index in [4.69, 9.17) is 0 Å². The molecule has 2 N–H and O–H groups in total. The summed E-state index contributed by atoms with van der Waals surface area (Å²) >= 11 is 3.39. The maximum Gasteiger partial charge on any atom is 0.248 e. The highest BCUT2D eigenvalue weighted by atomic mass is 79.9. The van der Waals surface area contributed by atoms with E-state index in [0.717, 1.165) is 27.9 Å². The Bertz CT molecular complexity index is 1490. The Kier molecular flexibility index (Phi) is 8.87. The molecule has 41 heavy (non-hydrogen) atoms. The van der Waals surface area contributed by atoms with Crippen LogP contribution in [0.2, 0.25) is 0 Å². The molecule has 1 aromatic heterocycles. The third-order valence-corrected chi connectivity index (χ3v) is 7.51. The van der Waals surface area contributed by atoms with E-state index in [9.17, 15) is 18.7 Å². The van der Waals surface area contributed by atoms with Crippen LogP contribution in [0.15, 0.2) is 89.9 Å². The molecule has 0 saturated carbocycles. The van der Waals surface area contributed by atoms with Gasteiger partial charge in [0, 0.05) is 66.3 Å². The van der Waals surface area contributed by atoms with Crippen molar-refractivity contribution in [3.05, 3.63) is 113 Å². The first-order valence-electron chi connectivity index (χ1n) is 13.1. The number of piperazine rings is 1. The summed E-state index contributed by atoms with van der Waals surface area (Å²) < 4.78 is 30.8. The van der Waals surface area contributed by atoms with Crippen molar-refractivity contribution in [2.24, 2.45) is 0 Å². The van der Waals surface area contributed by atoms with Crippen molar-refractivity contribution in [1.82, 2.24) is 19.7 Å². The Hall–Kier alpha value is -3.93. The zero-order chi connectivity index (χ0) is 28.8. The molecule has 1 fully saturated rings. The first-order chi connectivity index (χ1) is 19.8. The molecule has 1 atom stereocenters. The van der Waals surface area contributed by atoms with Gasteiger partial charge in [-0.05, 0) is 54.1 Å². The number of nitrogens with zero attached hydrogens (tertiary/aromatic N) is 5. The molecule has 1 aliphatic heterocycles. The van der Waals surface area contributed by atoms with Crippen LogP contribution < -0.4 is 10.2 Å². The summed E-state index contributed by atoms with van der Waals surface area (Å²) in [6.45, 7) is 2.74. The van der Waals surface area contributed by atoms with Gasteiger partial charge in [0.05, 0.1) is 6.54 Å². The molecule has 0 bridgehead atoms. The van der Waals surface area contributed by atoms with Crippen molar-refractivity contribution in [2.45, 2.75) is 12.1 Å². The van der Waals surface area contributed by atoms with Gasteiger partial charge in [0.1, 0.15) is 29.9 Å². The van der Waals surface area contributed by atoms with E-state index in [1.54, 1.807) is 6.08 Å². The summed E-state index contributed by atoms with van der Waals surface area (Å²) in [5.41, 5.74) is 1.01. The van der Waals surface area contributed by atoms with Gasteiger partial charge in [-0.1, -0.05) is 34.1 Å². The molecule has 11 heteroatoms. The number of amides is 1. The number of β-amino-alcohol motifs (C(OH)–C–C–N with tert-alkyl or cyclic N) is 1. The van der Waals surface area contributed by atoms with Crippen molar-refractivity contribution in [1.29, 1.82) is 0 Å². The topological polar surface area (TPSA) is 86.5 Å². The van der Waals surface area contributed by atoms with E-state index < -0.39 is 17.2 Å². The second-order valence-corrected chi connectivity index (χ2v) is 10.8. The molecule has 3 aromatic carbocycles.